The molecule has 1 atom stereocenters. The molecule has 0 N–H and O–H groups in total. The van der Waals surface area contributed by atoms with Crippen molar-refractivity contribution in [2.45, 2.75) is 33.2 Å². The Labute approximate surface area is 226 Å². The van der Waals surface area contributed by atoms with E-state index in [9.17, 15) is 34.8 Å². The zero-order valence-corrected chi connectivity index (χ0v) is 23.1. The number of carbonyl (C=O) groups excluding carboxylic acids is 1. The second kappa shape index (κ2) is 10.7. The molecule has 0 bridgehead atoms. The molecule has 1 unspecified atom stereocenters. The lowest BCUT2D eigenvalue weighted by atomic mass is 10.1. The van der Waals surface area contributed by atoms with Gasteiger partial charge < -0.3 is 14.5 Å². The summed E-state index contributed by atoms with van der Waals surface area (Å²) in [7, 11) is -7.53. The van der Waals surface area contributed by atoms with E-state index in [-0.39, 0.29) is 51.5 Å². The van der Waals surface area contributed by atoms with Crippen LogP contribution in [0.4, 0.5) is 18.3 Å². The third-order valence-electron chi connectivity index (χ3n) is 5.91. The van der Waals surface area contributed by atoms with Crippen LogP contribution in [-0.4, -0.2) is 82.3 Å². The van der Waals surface area contributed by atoms with Crippen LogP contribution in [0.5, 0.6) is 5.75 Å². The maximum Gasteiger partial charge on any atom is 0.425 e. The molecular weight excluding hydrogens is 581 g/mol. The Bertz CT molecular complexity index is 1570. The number of amides is 1. The van der Waals surface area contributed by atoms with E-state index in [1.54, 1.807) is 4.90 Å². The van der Waals surface area contributed by atoms with Crippen molar-refractivity contribution in [3.63, 3.8) is 0 Å². The normalized spacial score (nSPS) is 15.7. The molecule has 2 aromatic heterocycles. The van der Waals surface area contributed by atoms with Gasteiger partial charge in [0.05, 0.1) is 21.6 Å². The van der Waals surface area contributed by atoms with E-state index < -0.39 is 37.9 Å². The van der Waals surface area contributed by atoms with Crippen LogP contribution in [0.15, 0.2) is 62.9 Å². The number of nitrogens with zero attached hydrogens (tertiary/aromatic N) is 4. The van der Waals surface area contributed by atoms with Crippen molar-refractivity contribution in [3.05, 3.63) is 54.5 Å². The number of anilines is 1. The second-order valence-corrected chi connectivity index (χ2v) is 13.9. The van der Waals surface area contributed by atoms with Gasteiger partial charge in [0.1, 0.15) is 9.96 Å². The molecule has 16 heteroatoms. The maximum atomic E-state index is 13.3. The molecule has 4 rings (SSSR count). The van der Waals surface area contributed by atoms with Crippen molar-refractivity contribution >= 4 is 42.1 Å². The number of hydrogen-bond acceptors (Lipinski definition) is 10. The highest BCUT2D eigenvalue weighted by Gasteiger charge is 2.39. The Hall–Kier alpha value is -3.24. The third kappa shape index (κ3) is 6.33. The van der Waals surface area contributed by atoms with E-state index in [4.69, 9.17) is 4.74 Å². The summed E-state index contributed by atoms with van der Waals surface area (Å²) >= 11 is 0.973. The number of hydrogen-bond donors (Lipinski definition) is 0. The van der Waals surface area contributed by atoms with Crippen LogP contribution in [0.3, 0.4) is 0 Å². The topological polar surface area (TPSA) is 127 Å². The molecule has 1 aliphatic rings. The smallest absolute Gasteiger partial charge is 0.425 e. The first-order chi connectivity index (χ1) is 18.2. The maximum absolute atomic E-state index is 13.3. The van der Waals surface area contributed by atoms with Gasteiger partial charge in [0.15, 0.2) is 21.1 Å². The number of pyridine rings is 1. The van der Waals surface area contributed by atoms with E-state index in [1.807, 2.05) is 0 Å². The summed E-state index contributed by atoms with van der Waals surface area (Å²) in [6.45, 7) is 1.56. The summed E-state index contributed by atoms with van der Waals surface area (Å²) in [5, 5.41) is 0.428. The average Bonchev–Trinajstić information content (AvgIpc) is 3.39. The van der Waals surface area contributed by atoms with E-state index in [0.717, 1.165) is 42.7 Å². The van der Waals surface area contributed by atoms with Crippen molar-refractivity contribution in [2.24, 2.45) is 0 Å². The van der Waals surface area contributed by atoms with Crippen LogP contribution in [0, 0.1) is 0 Å². The Kier molecular flexibility index (Phi) is 7.91. The number of rotatable bonds is 7. The van der Waals surface area contributed by atoms with Crippen LogP contribution in [0.2, 0.25) is 0 Å². The molecule has 3 aromatic rings. The quantitative estimate of drug-likeness (QED) is 0.400. The third-order valence-corrected chi connectivity index (χ3v) is 10.3. The molecular formula is C23H23F3N4O6S3. The number of ether oxygens (including phenoxy) is 1. The van der Waals surface area contributed by atoms with E-state index in [2.05, 4.69) is 9.97 Å². The highest BCUT2D eigenvalue weighted by atomic mass is 32.2. The van der Waals surface area contributed by atoms with Gasteiger partial charge >= 0.3 is 6.18 Å². The van der Waals surface area contributed by atoms with Gasteiger partial charge in [-0.05, 0) is 37.3 Å². The summed E-state index contributed by atoms with van der Waals surface area (Å²) in [6.07, 6.45) is -2.00. The van der Waals surface area contributed by atoms with Gasteiger partial charge in [-0.2, -0.15) is 13.2 Å². The lowest BCUT2D eigenvalue weighted by Crippen LogP contribution is -2.49. The Morgan fingerprint density at radius 1 is 1.03 bits per heavy atom. The zero-order chi connectivity index (χ0) is 28.6. The first kappa shape index (κ1) is 28.8. The summed E-state index contributed by atoms with van der Waals surface area (Å²) in [4.78, 5) is 24.4. The molecule has 39 heavy (non-hydrogen) atoms. The highest BCUT2D eigenvalue weighted by molar-refractivity contribution is 7.93. The SMILES string of the molecule is CC(Oc1ccc(S(C)(=O)=O)cc1C(=O)N1CCN(c2ncc(S(=O)(=O)c3ccncc3)s2)CC1)C(F)(F)F. The molecule has 1 aliphatic heterocycles. The van der Waals surface area contributed by atoms with Crippen molar-refractivity contribution in [1.29, 1.82) is 0 Å². The van der Waals surface area contributed by atoms with Crippen LogP contribution in [0.1, 0.15) is 17.3 Å². The first-order valence-corrected chi connectivity index (χ1v) is 15.6. The van der Waals surface area contributed by atoms with Crippen LogP contribution >= 0.6 is 11.3 Å². The number of carbonyl (C=O) groups is 1. The van der Waals surface area contributed by atoms with Gasteiger partial charge in [0.25, 0.3) is 5.91 Å². The molecule has 10 nitrogen and oxygen atoms in total. The number of sulfone groups is 2. The summed E-state index contributed by atoms with van der Waals surface area (Å²) < 4.78 is 94.1. The fourth-order valence-electron chi connectivity index (χ4n) is 3.69. The summed E-state index contributed by atoms with van der Waals surface area (Å²) in [5.41, 5.74) is -0.303. The van der Waals surface area contributed by atoms with Crippen LogP contribution < -0.4 is 9.64 Å². The molecule has 0 aliphatic carbocycles. The van der Waals surface area contributed by atoms with Crippen LogP contribution in [-0.2, 0) is 19.7 Å². The second-order valence-electron chi connectivity index (χ2n) is 8.66. The number of piperazine rings is 1. The fraction of sp³-hybridized carbons (Fsp3) is 0.348. The summed E-state index contributed by atoms with van der Waals surface area (Å²) in [5.74, 6) is -1.07. The molecule has 1 fully saturated rings. The molecule has 1 saturated heterocycles. The largest absolute Gasteiger partial charge is 0.480 e. The van der Waals surface area contributed by atoms with Crippen molar-refractivity contribution in [1.82, 2.24) is 14.9 Å². The molecule has 3 heterocycles. The summed E-state index contributed by atoms with van der Waals surface area (Å²) in [6, 6.07) is 5.90. The minimum Gasteiger partial charge on any atom is -0.480 e. The highest BCUT2D eigenvalue weighted by Crippen LogP contribution is 2.32. The van der Waals surface area contributed by atoms with Crippen molar-refractivity contribution < 1.29 is 39.5 Å². The molecule has 0 spiro atoms. The van der Waals surface area contributed by atoms with E-state index in [0.29, 0.717) is 5.13 Å². The van der Waals surface area contributed by atoms with Gasteiger partial charge in [0.2, 0.25) is 9.84 Å². The molecule has 0 saturated carbocycles. The van der Waals surface area contributed by atoms with Gasteiger partial charge in [-0.15, -0.1) is 0 Å². The number of benzene rings is 1. The average molecular weight is 605 g/mol. The number of halogens is 3. The fourth-order valence-corrected chi connectivity index (χ4v) is 6.90. The molecule has 210 valence electrons. The first-order valence-electron chi connectivity index (χ1n) is 11.4. The van der Waals surface area contributed by atoms with Crippen LogP contribution in [0.25, 0.3) is 0 Å². The minimum absolute atomic E-state index is 0.0420. The zero-order valence-electron chi connectivity index (χ0n) is 20.6. The lowest BCUT2D eigenvalue weighted by molar-refractivity contribution is -0.189. The van der Waals surface area contributed by atoms with Crippen molar-refractivity contribution in [3.8, 4) is 5.75 Å². The van der Waals surface area contributed by atoms with Gasteiger partial charge in [-0.3, -0.25) is 9.78 Å². The van der Waals surface area contributed by atoms with Gasteiger partial charge in [-0.25, -0.2) is 21.8 Å². The molecule has 0 radical (unpaired) electrons. The number of alkyl halides is 3. The molecule has 1 amide bonds. The Morgan fingerprint density at radius 2 is 1.67 bits per heavy atom. The number of aromatic nitrogens is 2. The van der Waals surface area contributed by atoms with Gasteiger partial charge in [0, 0.05) is 44.8 Å². The lowest BCUT2D eigenvalue weighted by Gasteiger charge is -2.35. The van der Waals surface area contributed by atoms with Gasteiger partial charge in [-0.1, -0.05) is 11.3 Å². The standard InChI is InChI=1S/C23H23F3N4O6S3/c1-15(23(24,25)26)36-19-4-3-17(38(2,32)33)13-18(19)21(31)29-9-11-30(12-10-29)22-28-14-20(37-22)39(34,35)16-5-7-27-8-6-16/h3-8,13-15H,9-12H2,1-2H3. The minimum atomic E-state index is -4.70. The predicted molar refractivity (Wildman–Crippen MR) is 136 cm³/mol. The number of thiazole rings is 1. The van der Waals surface area contributed by atoms with Crippen molar-refractivity contribution in [2.75, 3.05) is 37.3 Å². The Balaban J connectivity index is 1.51. The monoisotopic (exact) mass is 604 g/mol. The van der Waals surface area contributed by atoms with E-state index >= 15 is 0 Å². The Morgan fingerprint density at radius 3 is 2.26 bits per heavy atom. The predicted octanol–water partition coefficient (Wildman–Crippen LogP) is 3.07. The van der Waals surface area contributed by atoms with E-state index in [1.165, 1.54) is 35.6 Å². The molecule has 1 aromatic carbocycles.